The maximum Gasteiger partial charge on any atom is 0.287 e. The summed E-state index contributed by atoms with van der Waals surface area (Å²) in [5.74, 6) is 0. The number of hydrogen-bond donors (Lipinski definition) is 0. The van der Waals surface area contributed by atoms with Gasteiger partial charge in [0.15, 0.2) is 11.2 Å². The third-order valence-electron chi connectivity index (χ3n) is 3.80. The van der Waals surface area contributed by atoms with Crippen LogP contribution >= 0.6 is 0 Å². The lowest BCUT2D eigenvalue weighted by molar-refractivity contribution is -0.662. The Bertz CT molecular complexity index is 807. The minimum absolute atomic E-state index is 0.930. The van der Waals surface area contributed by atoms with E-state index in [0.717, 1.165) is 16.7 Å². The van der Waals surface area contributed by atoms with E-state index >= 15 is 0 Å². The summed E-state index contributed by atoms with van der Waals surface area (Å²) in [6.07, 6.45) is 3.68. The van der Waals surface area contributed by atoms with Crippen LogP contribution in [-0.4, -0.2) is 9.97 Å². The lowest BCUT2D eigenvalue weighted by atomic mass is 9.97. The molecule has 0 bridgehead atoms. The van der Waals surface area contributed by atoms with E-state index in [1.165, 1.54) is 22.3 Å². The van der Waals surface area contributed by atoms with Crippen LogP contribution in [0.1, 0.15) is 16.7 Å². The third kappa shape index (κ3) is 1.95. The Kier molecular flexibility index (Phi) is 2.97. The Hall–Kier alpha value is -2.29. The second kappa shape index (κ2) is 4.67. The van der Waals surface area contributed by atoms with Gasteiger partial charge in [-0.3, -0.25) is 0 Å². The molecule has 100 valence electrons. The highest BCUT2D eigenvalue weighted by atomic mass is 15.0. The van der Waals surface area contributed by atoms with Gasteiger partial charge in [-0.25, -0.2) is 9.55 Å². The first kappa shape index (κ1) is 12.7. The Morgan fingerprint density at radius 3 is 2.65 bits per heavy atom. The molecule has 2 aromatic heterocycles. The van der Waals surface area contributed by atoms with Crippen molar-refractivity contribution in [2.24, 2.45) is 7.05 Å². The van der Waals surface area contributed by atoms with Crippen LogP contribution in [0.5, 0.6) is 0 Å². The Morgan fingerprint density at radius 2 is 1.85 bits per heavy atom. The molecule has 0 saturated heterocycles. The van der Waals surface area contributed by atoms with Crippen molar-refractivity contribution in [2.45, 2.75) is 20.8 Å². The highest BCUT2D eigenvalue weighted by Gasteiger charge is 2.18. The Balaban J connectivity index is 2.43. The van der Waals surface area contributed by atoms with Crippen LogP contribution < -0.4 is 4.57 Å². The molecule has 0 radical (unpaired) electrons. The van der Waals surface area contributed by atoms with Gasteiger partial charge >= 0.3 is 0 Å². The number of rotatable bonds is 1. The standard InChI is InChI=1S/C17H18N3/c1-11-8-12(2)13(3)14(9-11)17-16-15(6-5-7-18-16)19-10-20(17)4/h5-10H,1-4H3/q+1. The second-order valence-electron chi connectivity index (χ2n) is 5.33. The fourth-order valence-corrected chi connectivity index (χ4v) is 2.66. The molecule has 2 heterocycles. The molecule has 0 fully saturated rings. The van der Waals surface area contributed by atoms with E-state index in [9.17, 15) is 0 Å². The van der Waals surface area contributed by atoms with E-state index in [1.807, 2.05) is 31.7 Å². The molecule has 0 unspecified atom stereocenters. The second-order valence-corrected chi connectivity index (χ2v) is 5.33. The molecule has 0 amide bonds. The predicted molar refractivity (Wildman–Crippen MR) is 80.4 cm³/mol. The van der Waals surface area contributed by atoms with Crippen LogP contribution in [0.15, 0.2) is 36.8 Å². The van der Waals surface area contributed by atoms with Crippen LogP contribution in [0.3, 0.4) is 0 Å². The first-order valence-electron chi connectivity index (χ1n) is 6.75. The largest absolute Gasteiger partial charge is 0.287 e. The average Bonchev–Trinajstić information content (AvgIpc) is 2.43. The number of aryl methyl sites for hydroxylation is 3. The number of hydrogen-bond acceptors (Lipinski definition) is 2. The normalized spacial score (nSPS) is 11.0. The summed E-state index contributed by atoms with van der Waals surface area (Å²) in [7, 11) is 2.02. The lowest BCUT2D eigenvalue weighted by Crippen LogP contribution is -2.32. The smallest absolute Gasteiger partial charge is 0.248 e. The fourth-order valence-electron chi connectivity index (χ4n) is 2.66. The number of nitrogens with zero attached hydrogens (tertiary/aromatic N) is 3. The molecule has 0 aliphatic carbocycles. The summed E-state index contributed by atoms with van der Waals surface area (Å²) in [6.45, 7) is 6.45. The third-order valence-corrected chi connectivity index (χ3v) is 3.80. The van der Waals surface area contributed by atoms with Crippen LogP contribution in [-0.2, 0) is 7.05 Å². The zero-order chi connectivity index (χ0) is 14.3. The van der Waals surface area contributed by atoms with Gasteiger partial charge < -0.3 is 0 Å². The summed E-state index contributed by atoms with van der Waals surface area (Å²) < 4.78 is 2.05. The van der Waals surface area contributed by atoms with Crippen molar-refractivity contribution < 1.29 is 4.57 Å². The van der Waals surface area contributed by atoms with Crippen LogP contribution in [0.2, 0.25) is 0 Å². The summed E-state index contributed by atoms with van der Waals surface area (Å²) in [6, 6.07) is 8.37. The highest BCUT2D eigenvalue weighted by molar-refractivity contribution is 5.88. The first-order valence-corrected chi connectivity index (χ1v) is 6.75. The molecule has 0 saturated carbocycles. The van der Waals surface area contributed by atoms with E-state index in [0.29, 0.717) is 0 Å². The lowest BCUT2D eigenvalue weighted by Gasteiger charge is -2.11. The number of pyridine rings is 1. The molecular weight excluding hydrogens is 246 g/mol. The number of benzene rings is 1. The van der Waals surface area contributed by atoms with E-state index < -0.39 is 0 Å². The minimum atomic E-state index is 0.930. The molecule has 0 atom stereocenters. The number of aromatic nitrogens is 3. The van der Waals surface area contributed by atoms with Crippen molar-refractivity contribution in [3.63, 3.8) is 0 Å². The summed E-state index contributed by atoms with van der Waals surface area (Å²) in [5.41, 5.74) is 8.11. The van der Waals surface area contributed by atoms with Crippen molar-refractivity contribution in [1.29, 1.82) is 0 Å². The molecular formula is C17H18N3+. The number of fused-ring (bicyclic) bond motifs is 1. The zero-order valence-corrected chi connectivity index (χ0v) is 12.3. The van der Waals surface area contributed by atoms with Crippen molar-refractivity contribution in [2.75, 3.05) is 0 Å². The van der Waals surface area contributed by atoms with Gasteiger partial charge in [-0.15, -0.1) is 0 Å². The van der Waals surface area contributed by atoms with Gasteiger partial charge in [0.05, 0.1) is 7.05 Å². The summed E-state index contributed by atoms with van der Waals surface area (Å²) in [4.78, 5) is 8.98. The zero-order valence-electron chi connectivity index (χ0n) is 12.3. The van der Waals surface area contributed by atoms with Crippen LogP contribution in [0, 0.1) is 20.8 Å². The molecule has 0 N–H and O–H groups in total. The van der Waals surface area contributed by atoms with Gasteiger partial charge in [-0.1, -0.05) is 11.6 Å². The van der Waals surface area contributed by atoms with E-state index in [2.05, 4.69) is 47.4 Å². The van der Waals surface area contributed by atoms with Crippen LogP contribution in [0.25, 0.3) is 22.3 Å². The van der Waals surface area contributed by atoms with Crippen molar-refractivity contribution in [3.8, 4) is 11.3 Å². The van der Waals surface area contributed by atoms with Gasteiger partial charge in [0.1, 0.15) is 0 Å². The predicted octanol–water partition coefficient (Wildman–Crippen LogP) is 3.05. The molecule has 20 heavy (non-hydrogen) atoms. The van der Waals surface area contributed by atoms with Gasteiger partial charge in [0, 0.05) is 11.8 Å². The topological polar surface area (TPSA) is 29.7 Å². The van der Waals surface area contributed by atoms with Gasteiger partial charge in [-0.2, -0.15) is 0 Å². The van der Waals surface area contributed by atoms with Gasteiger partial charge in [0.2, 0.25) is 5.52 Å². The molecule has 0 spiro atoms. The molecule has 3 aromatic rings. The van der Waals surface area contributed by atoms with Crippen molar-refractivity contribution in [1.82, 2.24) is 9.97 Å². The average molecular weight is 264 g/mol. The van der Waals surface area contributed by atoms with Crippen LogP contribution in [0.4, 0.5) is 0 Å². The quantitative estimate of drug-likeness (QED) is 0.632. The Labute approximate surface area is 118 Å². The Morgan fingerprint density at radius 1 is 1.05 bits per heavy atom. The van der Waals surface area contributed by atoms with E-state index in [4.69, 9.17) is 0 Å². The van der Waals surface area contributed by atoms with Crippen molar-refractivity contribution >= 4 is 11.0 Å². The molecule has 0 aliphatic rings. The van der Waals surface area contributed by atoms with Gasteiger partial charge in [-0.05, 0) is 55.1 Å². The minimum Gasteiger partial charge on any atom is -0.248 e. The summed E-state index contributed by atoms with van der Waals surface area (Å²) >= 11 is 0. The highest BCUT2D eigenvalue weighted by Crippen LogP contribution is 2.28. The van der Waals surface area contributed by atoms with E-state index in [-0.39, 0.29) is 0 Å². The molecule has 3 heteroatoms. The van der Waals surface area contributed by atoms with Crippen molar-refractivity contribution in [3.05, 3.63) is 53.5 Å². The molecule has 3 nitrogen and oxygen atoms in total. The fraction of sp³-hybridized carbons (Fsp3) is 0.235. The summed E-state index contributed by atoms with van der Waals surface area (Å²) in [5, 5.41) is 0. The SMILES string of the molecule is Cc1cc(C)c(C)c(-c2c3ncccc3nc[n+]2C)c1. The van der Waals surface area contributed by atoms with E-state index in [1.54, 1.807) is 0 Å². The maximum absolute atomic E-state index is 4.54. The first-order chi connectivity index (χ1) is 9.58. The maximum atomic E-state index is 4.54. The monoisotopic (exact) mass is 264 g/mol. The molecule has 0 aliphatic heterocycles. The van der Waals surface area contributed by atoms with Gasteiger partial charge in [0.25, 0.3) is 6.33 Å². The molecule has 3 rings (SSSR count). The molecule has 1 aromatic carbocycles.